The molecule has 3 heteroatoms. The molecule has 1 unspecified atom stereocenters. The molecule has 0 aromatic carbocycles. The van der Waals surface area contributed by atoms with Crippen molar-refractivity contribution >= 4 is 0 Å². The normalized spacial score (nSPS) is 23.1. The monoisotopic (exact) mass is 270 g/mol. The molecular weight excluding hydrogens is 236 g/mol. The molecular formula is C16H34N2O. The molecule has 3 nitrogen and oxygen atoms in total. The minimum Gasteiger partial charge on any atom is -0.377 e. The molecule has 0 radical (unpaired) electrons. The van der Waals surface area contributed by atoms with Gasteiger partial charge >= 0.3 is 0 Å². The zero-order valence-corrected chi connectivity index (χ0v) is 13.6. The standard InChI is InChI=1S/C16H34N2O/c1-13(2)9-16(12-17,10-14(3)4)18-7-6-8-19-15(5)11-18/h13-15H,6-12,17H2,1-5H3. The Labute approximate surface area is 119 Å². The van der Waals surface area contributed by atoms with Crippen LogP contribution in [0.5, 0.6) is 0 Å². The van der Waals surface area contributed by atoms with Crippen LogP contribution >= 0.6 is 0 Å². The van der Waals surface area contributed by atoms with Gasteiger partial charge in [0.05, 0.1) is 6.10 Å². The van der Waals surface area contributed by atoms with Crippen molar-refractivity contribution in [1.82, 2.24) is 4.90 Å². The van der Waals surface area contributed by atoms with E-state index < -0.39 is 0 Å². The van der Waals surface area contributed by atoms with Crippen LogP contribution < -0.4 is 5.73 Å². The minimum absolute atomic E-state index is 0.157. The summed E-state index contributed by atoms with van der Waals surface area (Å²) in [5.74, 6) is 1.36. The molecule has 0 aromatic rings. The van der Waals surface area contributed by atoms with E-state index in [9.17, 15) is 0 Å². The van der Waals surface area contributed by atoms with Gasteiger partial charge in [-0.1, -0.05) is 27.7 Å². The number of hydrogen-bond acceptors (Lipinski definition) is 3. The van der Waals surface area contributed by atoms with Gasteiger partial charge in [-0.25, -0.2) is 0 Å². The van der Waals surface area contributed by atoms with E-state index in [2.05, 4.69) is 39.5 Å². The van der Waals surface area contributed by atoms with Crippen LogP contribution in [0.25, 0.3) is 0 Å². The lowest BCUT2D eigenvalue weighted by Crippen LogP contribution is -2.57. The Kier molecular flexibility index (Phi) is 6.78. The number of nitrogens with zero attached hydrogens (tertiary/aromatic N) is 1. The van der Waals surface area contributed by atoms with Gasteiger partial charge in [-0.2, -0.15) is 0 Å². The maximum Gasteiger partial charge on any atom is 0.0674 e. The lowest BCUT2D eigenvalue weighted by atomic mass is 9.80. The number of nitrogens with two attached hydrogens (primary N) is 1. The molecule has 0 bridgehead atoms. The van der Waals surface area contributed by atoms with Crippen LogP contribution in [0, 0.1) is 11.8 Å². The highest BCUT2D eigenvalue weighted by Crippen LogP contribution is 2.32. The number of rotatable bonds is 6. The van der Waals surface area contributed by atoms with E-state index in [1.54, 1.807) is 0 Å². The third-order valence-corrected chi connectivity index (χ3v) is 4.08. The first-order valence-electron chi connectivity index (χ1n) is 7.96. The molecule has 1 aliphatic rings. The molecule has 1 heterocycles. The summed E-state index contributed by atoms with van der Waals surface area (Å²) in [5, 5.41) is 0. The maximum atomic E-state index is 6.25. The van der Waals surface area contributed by atoms with Crippen molar-refractivity contribution < 1.29 is 4.74 Å². The van der Waals surface area contributed by atoms with Gasteiger partial charge in [0.2, 0.25) is 0 Å². The van der Waals surface area contributed by atoms with Crippen molar-refractivity contribution in [2.45, 2.75) is 65.5 Å². The van der Waals surface area contributed by atoms with Gasteiger partial charge in [-0.15, -0.1) is 0 Å². The first-order valence-corrected chi connectivity index (χ1v) is 7.96. The summed E-state index contributed by atoms with van der Waals surface area (Å²) in [7, 11) is 0. The van der Waals surface area contributed by atoms with Crippen LogP contribution in [0.1, 0.15) is 53.9 Å². The van der Waals surface area contributed by atoms with Gasteiger partial charge in [0.15, 0.2) is 0 Å². The van der Waals surface area contributed by atoms with Crippen molar-refractivity contribution in [3.05, 3.63) is 0 Å². The predicted molar refractivity (Wildman–Crippen MR) is 82.3 cm³/mol. The van der Waals surface area contributed by atoms with Crippen LogP contribution in [-0.2, 0) is 4.74 Å². The minimum atomic E-state index is 0.157. The lowest BCUT2D eigenvalue weighted by Gasteiger charge is -2.46. The average molecular weight is 270 g/mol. The van der Waals surface area contributed by atoms with Crippen molar-refractivity contribution in [1.29, 1.82) is 0 Å². The van der Waals surface area contributed by atoms with Gasteiger partial charge in [-0.05, 0) is 38.0 Å². The zero-order valence-electron chi connectivity index (χ0n) is 13.6. The van der Waals surface area contributed by atoms with Gasteiger partial charge in [0.25, 0.3) is 0 Å². The number of hydrogen-bond donors (Lipinski definition) is 1. The van der Waals surface area contributed by atoms with Gasteiger partial charge in [-0.3, -0.25) is 4.90 Å². The molecule has 114 valence electrons. The molecule has 0 spiro atoms. The fourth-order valence-corrected chi connectivity index (χ4v) is 3.58. The molecule has 0 saturated carbocycles. The maximum absolute atomic E-state index is 6.25. The van der Waals surface area contributed by atoms with Crippen molar-refractivity contribution in [3.8, 4) is 0 Å². The fourth-order valence-electron chi connectivity index (χ4n) is 3.58. The van der Waals surface area contributed by atoms with Crippen LogP contribution in [0.3, 0.4) is 0 Å². The third-order valence-electron chi connectivity index (χ3n) is 4.08. The summed E-state index contributed by atoms with van der Waals surface area (Å²) < 4.78 is 5.80. The van der Waals surface area contributed by atoms with Crippen LogP contribution in [0.15, 0.2) is 0 Å². The Balaban J connectivity index is 2.90. The van der Waals surface area contributed by atoms with E-state index in [4.69, 9.17) is 10.5 Å². The second-order valence-electron chi connectivity index (χ2n) is 7.11. The van der Waals surface area contributed by atoms with E-state index in [1.807, 2.05) is 0 Å². The summed E-state index contributed by atoms with van der Waals surface area (Å²) in [5.41, 5.74) is 6.41. The largest absolute Gasteiger partial charge is 0.377 e. The van der Waals surface area contributed by atoms with Crippen molar-refractivity contribution in [2.75, 3.05) is 26.2 Å². The molecule has 1 saturated heterocycles. The van der Waals surface area contributed by atoms with Gasteiger partial charge < -0.3 is 10.5 Å². The van der Waals surface area contributed by atoms with E-state index >= 15 is 0 Å². The highest BCUT2D eigenvalue weighted by molar-refractivity contribution is 4.94. The van der Waals surface area contributed by atoms with Crippen LogP contribution in [0.2, 0.25) is 0 Å². The van der Waals surface area contributed by atoms with E-state index in [-0.39, 0.29) is 5.54 Å². The van der Waals surface area contributed by atoms with Gasteiger partial charge in [0, 0.05) is 31.8 Å². The topological polar surface area (TPSA) is 38.5 Å². The molecule has 1 atom stereocenters. The van der Waals surface area contributed by atoms with Crippen molar-refractivity contribution in [2.24, 2.45) is 17.6 Å². The summed E-state index contributed by atoms with van der Waals surface area (Å²) in [4.78, 5) is 2.63. The Hall–Kier alpha value is -0.120. The molecule has 0 amide bonds. The quantitative estimate of drug-likeness (QED) is 0.806. The van der Waals surface area contributed by atoms with Crippen LogP contribution in [-0.4, -0.2) is 42.8 Å². The molecule has 0 aliphatic carbocycles. The number of ether oxygens (including phenoxy) is 1. The highest BCUT2D eigenvalue weighted by atomic mass is 16.5. The molecule has 1 fully saturated rings. The first kappa shape index (κ1) is 16.9. The van der Waals surface area contributed by atoms with E-state index in [0.717, 1.165) is 32.7 Å². The Morgan fingerprint density at radius 2 is 1.79 bits per heavy atom. The Morgan fingerprint density at radius 3 is 2.26 bits per heavy atom. The van der Waals surface area contributed by atoms with E-state index in [0.29, 0.717) is 17.9 Å². The van der Waals surface area contributed by atoms with E-state index in [1.165, 1.54) is 12.8 Å². The third kappa shape index (κ3) is 5.05. The molecule has 2 N–H and O–H groups in total. The molecule has 0 aromatic heterocycles. The smallest absolute Gasteiger partial charge is 0.0674 e. The fraction of sp³-hybridized carbons (Fsp3) is 1.00. The summed E-state index contributed by atoms with van der Waals surface area (Å²) in [6.45, 7) is 15.2. The Bertz CT molecular complexity index is 243. The highest BCUT2D eigenvalue weighted by Gasteiger charge is 2.37. The summed E-state index contributed by atoms with van der Waals surface area (Å²) in [6.07, 6.45) is 3.83. The van der Waals surface area contributed by atoms with Crippen LogP contribution in [0.4, 0.5) is 0 Å². The lowest BCUT2D eigenvalue weighted by molar-refractivity contribution is 0.0194. The second-order valence-corrected chi connectivity index (χ2v) is 7.11. The molecule has 1 rings (SSSR count). The average Bonchev–Trinajstić information content (AvgIpc) is 2.52. The second kappa shape index (κ2) is 7.61. The molecule has 19 heavy (non-hydrogen) atoms. The predicted octanol–water partition coefficient (Wildman–Crippen LogP) is 2.89. The Morgan fingerprint density at radius 1 is 1.21 bits per heavy atom. The summed E-state index contributed by atoms with van der Waals surface area (Å²) in [6, 6.07) is 0. The van der Waals surface area contributed by atoms with Gasteiger partial charge in [0.1, 0.15) is 0 Å². The SMILES string of the molecule is CC(C)CC(CN)(CC(C)C)N1CCCOC(C)C1. The first-order chi connectivity index (χ1) is 8.89. The zero-order chi connectivity index (χ0) is 14.5. The summed E-state index contributed by atoms with van der Waals surface area (Å²) >= 11 is 0. The molecule has 1 aliphatic heterocycles. The van der Waals surface area contributed by atoms with Crippen molar-refractivity contribution in [3.63, 3.8) is 0 Å².